The second-order valence-corrected chi connectivity index (χ2v) is 5.99. The fraction of sp³-hybridized carbons (Fsp3) is 0.158. The summed E-state index contributed by atoms with van der Waals surface area (Å²) >= 11 is 3.37. The molecule has 0 bridgehead atoms. The number of carbonyl (C=O) groups excluding carboxylic acids is 1. The van der Waals surface area contributed by atoms with Crippen LogP contribution >= 0.6 is 15.9 Å². The summed E-state index contributed by atoms with van der Waals surface area (Å²) in [6.07, 6.45) is 3.33. The van der Waals surface area contributed by atoms with E-state index < -0.39 is 0 Å². The van der Waals surface area contributed by atoms with Crippen molar-refractivity contribution < 1.29 is 4.79 Å². The predicted octanol–water partition coefficient (Wildman–Crippen LogP) is 4.11. The molecular weight excluding hydrogens is 352 g/mol. The third-order valence-electron chi connectivity index (χ3n) is 3.30. The Labute approximate surface area is 144 Å². The molecule has 2 rings (SSSR count). The monoisotopic (exact) mass is 368 g/mol. The van der Waals surface area contributed by atoms with E-state index in [1.54, 1.807) is 6.08 Å². The first-order chi connectivity index (χ1) is 11.2. The van der Waals surface area contributed by atoms with Gasteiger partial charge >= 0.3 is 0 Å². The van der Waals surface area contributed by atoms with Gasteiger partial charge in [0.15, 0.2) is 0 Å². The van der Waals surface area contributed by atoms with Crippen molar-refractivity contribution in [2.24, 2.45) is 0 Å². The Morgan fingerprint density at radius 1 is 1.17 bits per heavy atom. The average Bonchev–Trinajstić information content (AvgIpc) is 2.57. The second-order valence-electron chi connectivity index (χ2n) is 5.07. The zero-order valence-electron chi connectivity index (χ0n) is 12.6. The molecule has 0 unspecified atom stereocenters. The van der Waals surface area contributed by atoms with Gasteiger partial charge in [0.05, 0.1) is 0 Å². The smallest absolute Gasteiger partial charge is 0.261 e. The molecule has 2 aromatic rings. The summed E-state index contributed by atoms with van der Waals surface area (Å²) in [5, 5.41) is 12.0. The van der Waals surface area contributed by atoms with Crippen molar-refractivity contribution in [2.75, 3.05) is 6.54 Å². The van der Waals surface area contributed by atoms with Crippen LogP contribution in [0.2, 0.25) is 0 Å². The van der Waals surface area contributed by atoms with Gasteiger partial charge < -0.3 is 5.32 Å². The summed E-state index contributed by atoms with van der Waals surface area (Å²) in [5.41, 5.74) is 2.17. The number of aryl methyl sites for hydroxylation is 1. The molecule has 0 aromatic heterocycles. The van der Waals surface area contributed by atoms with Crippen molar-refractivity contribution in [3.63, 3.8) is 0 Å². The maximum atomic E-state index is 12.1. The summed E-state index contributed by atoms with van der Waals surface area (Å²) in [5.74, 6) is -0.333. The highest BCUT2D eigenvalue weighted by molar-refractivity contribution is 9.10. The summed E-state index contributed by atoms with van der Waals surface area (Å²) in [7, 11) is 0. The number of nitriles is 1. The van der Waals surface area contributed by atoms with E-state index in [0.717, 1.165) is 22.9 Å². The number of carbonyl (C=O) groups is 1. The van der Waals surface area contributed by atoms with Crippen LogP contribution in [0.25, 0.3) is 6.08 Å². The number of halogens is 1. The van der Waals surface area contributed by atoms with Crippen LogP contribution in [-0.2, 0) is 11.2 Å². The van der Waals surface area contributed by atoms with Crippen LogP contribution in [0, 0.1) is 11.3 Å². The molecule has 0 saturated carbocycles. The first-order valence-corrected chi connectivity index (χ1v) is 8.18. The fourth-order valence-corrected chi connectivity index (χ4v) is 2.56. The van der Waals surface area contributed by atoms with Crippen molar-refractivity contribution in [1.82, 2.24) is 5.32 Å². The lowest BCUT2D eigenvalue weighted by Crippen LogP contribution is -2.25. The van der Waals surface area contributed by atoms with Crippen LogP contribution in [0.15, 0.2) is 64.6 Å². The van der Waals surface area contributed by atoms with E-state index in [9.17, 15) is 10.1 Å². The molecule has 4 heteroatoms. The number of hydrogen-bond acceptors (Lipinski definition) is 2. The van der Waals surface area contributed by atoms with Crippen LogP contribution in [-0.4, -0.2) is 12.5 Å². The van der Waals surface area contributed by atoms with Crippen LogP contribution in [0.4, 0.5) is 0 Å². The number of amides is 1. The van der Waals surface area contributed by atoms with Gasteiger partial charge in [-0.3, -0.25) is 4.79 Å². The maximum Gasteiger partial charge on any atom is 0.261 e. The Morgan fingerprint density at radius 3 is 2.65 bits per heavy atom. The number of benzene rings is 2. The molecule has 23 heavy (non-hydrogen) atoms. The highest BCUT2D eigenvalue weighted by Crippen LogP contribution is 2.14. The van der Waals surface area contributed by atoms with Gasteiger partial charge in [0, 0.05) is 11.0 Å². The Kier molecular flexibility index (Phi) is 6.58. The molecule has 0 radical (unpaired) electrons. The SMILES string of the molecule is N#C/C(=C/c1cccc(Br)c1)C(=O)NCCCc1ccccc1. The van der Waals surface area contributed by atoms with Gasteiger partial charge in [0.2, 0.25) is 0 Å². The van der Waals surface area contributed by atoms with E-state index in [4.69, 9.17) is 0 Å². The van der Waals surface area contributed by atoms with E-state index in [-0.39, 0.29) is 11.5 Å². The quantitative estimate of drug-likeness (QED) is 0.473. The van der Waals surface area contributed by atoms with E-state index in [1.165, 1.54) is 5.56 Å². The van der Waals surface area contributed by atoms with Gasteiger partial charge in [-0.25, -0.2) is 0 Å². The van der Waals surface area contributed by atoms with Crippen molar-refractivity contribution in [1.29, 1.82) is 5.26 Å². The molecule has 1 N–H and O–H groups in total. The Balaban J connectivity index is 1.87. The molecule has 0 aliphatic carbocycles. The summed E-state index contributed by atoms with van der Waals surface area (Å²) in [6.45, 7) is 0.547. The molecule has 3 nitrogen and oxygen atoms in total. The van der Waals surface area contributed by atoms with Crippen molar-refractivity contribution in [3.05, 3.63) is 75.8 Å². The topological polar surface area (TPSA) is 52.9 Å². The molecule has 1 amide bonds. The fourth-order valence-electron chi connectivity index (χ4n) is 2.15. The molecule has 2 aromatic carbocycles. The number of hydrogen-bond donors (Lipinski definition) is 1. The molecule has 0 atom stereocenters. The molecule has 0 heterocycles. The lowest BCUT2D eigenvalue weighted by atomic mass is 10.1. The van der Waals surface area contributed by atoms with E-state index in [2.05, 4.69) is 33.4 Å². The van der Waals surface area contributed by atoms with Gasteiger partial charge in [-0.15, -0.1) is 0 Å². The standard InChI is InChI=1S/C19H17BrN2O/c20-18-10-4-8-16(13-18)12-17(14-21)19(23)22-11-5-9-15-6-2-1-3-7-15/h1-4,6-8,10,12-13H,5,9,11H2,(H,22,23)/b17-12-. The predicted molar refractivity (Wildman–Crippen MR) is 95.5 cm³/mol. The maximum absolute atomic E-state index is 12.1. The van der Waals surface area contributed by atoms with Crippen molar-refractivity contribution >= 4 is 27.9 Å². The largest absolute Gasteiger partial charge is 0.351 e. The molecule has 0 aliphatic rings. The van der Waals surface area contributed by atoms with Crippen LogP contribution in [0.1, 0.15) is 17.5 Å². The summed E-state index contributed by atoms with van der Waals surface area (Å²) in [4.78, 5) is 12.1. The molecule has 0 saturated heterocycles. The molecule has 0 fully saturated rings. The van der Waals surface area contributed by atoms with Crippen LogP contribution in [0.5, 0.6) is 0 Å². The van der Waals surface area contributed by atoms with Gasteiger partial charge in [0.25, 0.3) is 5.91 Å². The number of nitrogens with zero attached hydrogens (tertiary/aromatic N) is 1. The second kappa shape index (κ2) is 8.92. The highest BCUT2D eigenvalue weighted by atomic mass is 79.9. The number of nitrogens with one attached hydrogen (secondary N) is 1. The zero-order valence-corrected chi connectivity index (χ0v) is 14.2. The molecule has 0 aliphatic heterocycles. The summed E-state index contributed by atoms with van der Waals surface area (Å²) in [6, 6.07) is 19.6. The van der Waals surface area contributed by atoms with Gasteiger partial charge in [-0.05, 0) is 42.2 Å². The van der Waals surface area contributed by atoms with Crippen LogP contribution in [0.3, 0.4) is 0 Å². The van der Waals surface area contributed by atoms with Crippen LogP contribution < -0.4 is 5.32 Å². The number of rotatable bonds is 6. The van der Waals surface area contributed by atoms with E-state index >= 15 is 0 Å². The van der Waals surface area contributed by atoms with E-state index in [0.29, 0.717) is 6.54 Å². The minimum absolute atomic E-state index is 0.114. The first-order valence-electron chi connectivity index (χ1n) is 7.38. The molecular formula is C19H17BrN2O. The lowest BCUT2D eigenvalue weighted by Gasteiger charge is -2.05. The molecule has 0 spiro atoms. The average molecular weight is 369 g/mol. The Hall–Kier alpha value is -2.38. The van der Waals surface area contributed by atoms with E-state index in [1.807, 2.05) is 48.5 Å². The zero-order chi connectivity index (χ0) is 16.5. The lowest BCUT2D eigenvalue weighted by molar-refractivity contribution is -0.117. The first kappa shape index (κ1) is 17.0. The third-order valence-corrected chi connectivity index (χ3v) is 3.79. The minimum atomic E-state index is -0.333. The van der Waals surface area contributed by atoms with Crippen molar-refractivity contribution in [2.45, 2.75) is 12.8 Å². The molecule has 116 valence electrons. The highest BCUT2D eigenvalue weighted by Gasteiger charge is 2.08. The van der Waals surface area contributed by atoms with Gasteiger partial charge in [0.1, 0.15) is 11.6 Å². The Bertz CT molecular complexity index is 733. The Morgan fingerprint density at radius 2 is 1.96 bits per heavy atom. The minimum Gasteiger partial charge on any atom is -0.351 e. The summed E-state index contributed by atoms with van der Waals surface area (Å²) < 4.78 is 0.909. The van der Waals surface area contributed by atoms with Gasteiger partial charge in [-0.1, -0.05) is 58.4 Å². The van der Waals surface area contributed by atoms with Gasteiger partial charge in [-0.2, -0.15) is 5.26 Å². The third kappa shape index (κ3) is 5.72. The normalized spacial score (nSPS) is 10.9. The van der Waals surface area contributed by atoms with Crippen molar-refractivity contribution in [3.8, 4) is 6.07 Å².